The fourth-order valence-electron chi connectivity index (χ4n) is 1.99. The second-order valence-corrected chi connectivity index (χ2v) is 3.86. The van der Waals surface area contributed by atoms with Gasteiger partial charge in [-0.3, -0.25) is 9.59 Å². The van der Waals surface area contributed by atoms with Crippen LogP contribution < -0.4 is 0 Å². The molecule has 1 aliphatic rings. The summed E-state index contributed by atoms with van der Waals surface area (Å²) >= 11 is 0. The molecule has 1 aromatic rings. The molecule has 0 spiro atoms. The van der Waals surface area contributed by atoms with Crippen LogP contribution in [0.25, 0.3) is 0 Å². The van der Waals surface area contributed by atoms with E-state index < -0.39 is 11.4 Å². The minimum atomic E-state index is -0.906. The van der Waals surface area contributed by atoms with Crippen molar-refractivity contribution < 1.29 is 14.3 Å². The van der Waals surface area contributed by atoms with E-state index in [2.05, 4.69) is 4.98 Å². The quantitative estimate of drug-likeness (QED) is 0.464. The molecule has 1 aliphatic carbocycles. The highest BCUT2D eigenvalue weighted by Gasteiger charge is 2.51. The maximum atomic E-state index is 12.1. The van der Waals surface area contributed by atoms with Gasteiger partial charge in [0.25, 0.3) is 0 Å². The van der Waals surface area contributed by atoms with Crippen molar-refractivity contribution in [3.8, 4) is 0 Å². The average Bonchev–Trinajstić information content (AvgIpc) is 2.68. The summed E-state index contributed by atoms with van der Waals surface area (Å²) in [5.74, 6) is -0.526. The van der Waals surface area contributed by atoms with E-state index in [1.807, 2.05) is 0 Å². The van der Waals surface area contributed by atoms with Crippen molar-refractivity contribution in [3.63, 3.8) is 0 Å². The highest BCUT2D eigenvalue weighted by molar-refractivity contribution is 6.13. The summed E-state index contributed by atoms with van der Waals surface area (Å²) in [6, 6.07) is 1.69. The fraction of sp³-hybridized carbons (Fsp3) is 0.455. The van der Waals surface area contributed by atoms with Crippen LogP contribution in [0.1, 0.15) is 29.6 Å². The lowest BCUT2D eigenvalue weighted by atomic mass is 9.65. The number of hydrogen-bond acceptors (Lipinski definition) is 3. The van der Waals surface area contributed by atoms with Crippen molar-refractivity contribution in [2.24, 2.45) is 5.41 Å². The summed E-state index contributed by atoms with van der Waals surface area (Å²) in [5, 5.41) is 0. The standard InChI is InChI=1S/C11H13NO3/c1-15-10(14)11(4-2-5-11)9(13)8-3-6-12-7-8/h3,6-7,12H,2,4-5H2,1H3. The van der Waals surface area contributed by atoms with Crippen LogP contribution in [0, 0.1) is 5.41 Å². The summed E-state index contributed by atoms with van der Waals surface area (Å²) < 4.78 is 4.71. The molecule has 0 unspecified atom stereocenters. The lowest BCUT2D eigenvalue weighted by Gasteiger charge is -2.36. The highest BCUT2D eigenvalue weighted by Crippen LogP contribution is 2.44. The first-order chi connectivity index (χ1) is 7.20. The molecule has 0 aliphatic heterocycles. The van der Waals surface area contributed by atoms with Gasteiger partial charge in [-0.25, -0.2) is 0 Å². The third-order valence-corrected chi connectivity index (χ3v) is 3.08. The van der Waals surface area contributed by atoms with Crippen LogP contribution in [0.15, 0.2) is 18.5 Å². The van der Waals surface area contributed by atoms with Crippen molar-refractivity contribution >= 4 is 11.8 Å². The monoisotopic (exact) mass is 207 g/mol. The van der Waals surface area contributed by atoms with E-state index in [1.54, 1.807) is 18.5 Å². The number of Topliss-reactive ketones (excluding diaryl/α,β-unsaturated/α-hetero) is 1. The summed E-state index contributed by atoms with van der Waals surface area (Å²) in [7, 11) is 1.33. The highest BCUT2D eigenvalue weighted by atomic mass is 16.5. The number of aromatic nitrogens is 1. The molecule has 15 heavy (non-hydrogen) atoms. The van der Waals surface area contributed by atoms with Gasteiger partial charge >= 0.3 is 5.97 Å². The topological polar surface area (TPSA) is 59.2 Å². The number of methoxy groups -OCH3 is 1. The maximum Gasteiger partial charge on any atom is 0.319 e. The van der Waals surface area contributed by atoms with Crippen LogP contribution >= 0.6 is 0 Å². The predicted octanol–water partition coefficient (Wildman–Crippen LogP) is 1.54. The van der Waals surface area contributed by atoms with E-state index in [9.17, 15) is 9.59 Å². The Labute approximate surface area is 87.6 Å². The molecule has 0 amide bonds. The molecule has 2 rings (SSSR count). The molecule has 0 aromatic carbocycles. The Morgan fingerprint density at radius 1 is 1.47 bits per heavy atom. The number of ketones is 1. The zero-order valence-electron chi connectivity index (χ0n) is 8.58. The number of hydrogen-bond donors (Lipinski definition) is 1. The van der Waals surface area contributed by atoms with Crippen LogP contribution in [0.3, 0.4) is 0 Å². The molecule has 1 fully saturated rings. The van der Waals surface area contributed by atoms with Crippen molar-refractivity contribution in [1.29, 1.82) is 0 Å². The summed E-state index contributed by atoms with van der Waals surface area (Å²) in [4.78, 5) is 26.5. The van der Waals surface area contributed by atoms with Crippen LogP contribution in [0.4, 0.5) is 0 Å². The normalized spacial score (nSPS) is 17.9. The predicted molar refractivity (Wildman–Crippen MR) is 53.4 cm³/mol. The van der Waals surface area contributed by atoms with E-state index in [0.29, 0.717) is 18.4 Å². The van der Waals surface area contributed by atoms with Crippen molar-refractivity contribution in [2.75, 3.05) is 7.11 Å². The zero-order chi connectivity index (χ0) is 10.9. The number of carbonyl (C=O) groups is 2. The molecule has 0 atom stereocenters. The zero-order valence-corrected chi connectivity index (χ0v) is 8.58. The first-order valence-electron chi connectivity index (χ1n) is 4.97. The molecule has 0 bridgehead atoms. The molecule has 4 nitrogen and oxygen atoms in total. The lowest BCUT2D eigenvalue weighted by molar-refractivity contribution is -0.153. The third-order valence-electron chi connectivity index (χ3n) is 3.08. The van der Waals surface area contributed by atoms with Gasteiger partial charge in [0, 0.05) is 18.0 Å². The molecule has 0 saturated heterocycles. The van der Waals surface area contributed by atoms with Crippen molar-refractivity contribution in [2.45, 2.75) is 19.3 Å². The first-order valence-corrected chi connectivity index (χ1v) is 4.97. The smallest absolute Gasteiger partial charge is 0.319 e. The average molecular weight is 207 g/mol. The largest absolute Gasteiger partial charge is 0.468 e. The molecule has 1 heterocycles. The number of carbonyl (C=O) groups excluding carboxylic acids is 2. The molecular weight excluding hydrogens is 194 g/mol. The molecule has 0 radical (unpaired) electrons. The van der Waals surface area contributed by atoms with E-state index in [4.69, 9.17) is 4.74 Å². The molecule has 1 aromatic heterocycles. The van der Waals surface area contributed by atoms with Crippen LogP contribution in [-0.2, 0) is 9.53 Å². The number of aromatic amines is 1. The minimum absolute atomic E-state index is 0.123. The Morgan fingerprint density at radius 2 is 2.20 bits per heavy atom. The molecule has 80 valence electrons. The molecule has 1 saturated carbocycles. The van der Waals surface area contributed by atoms with Crippen molar-refractivity contribution in [3.05, 3.63) is 24.0 Å². The van der Waals surface area contributed by atoms with Crippen LogP contribution in [-0.4, -0.2) is 23.8 Å². The van der Waals surface area contributed by atoms with Gasteiger partial charge in [0.05, 0.1) is 7.11 Å². The van der Waals surface area contributed by atoms with E-state index in [1.165, 1.54) is 7.11 Å². The van der Waals surface area contributed by atoms with Crippen LogP contribution in [0.5, 0.6) is 0 Å². The number of ether oxygens (including phenoxy) is 1. The molecule has 1 N–H and O–H groups in total. The second kappa shape index (κ2) is 3.53. The Balaban J connectivity index is 2.28. The Morgan fingerprint density at radius 3 is 2.60 bits per heavy atom. The number of nitrogens with one attached hydrogen (secondary N) is 1. The van der Waals surface area contributed by atoms with Gasteiger partial charge in [-0.05, 0) is 18.9 Å². The van der Waals surface area contributed by atoms with E-state index >= 15 is 0 Å². The number of H-pyrrole nitrogens is 1. The fourth-order valence-corrected chi connectivity index (χ4v) is 1.99. The Hall–Kier alpha value is -1.58. The Kier molecular flexibility index (Phi) is 2.34. The summed E-state index contributed by atoms with van der Waals surface area (Å²) in [5.41, 5.74) is -0.350. The maximum absolute atomic E-state index is 12.1. The summed E-state index contributed by atoms with van der Waals surface area (Å²) in [6.45, 7) is 0. The summed E-state index contributed by atoms with van der Waals surface area (Å²) in [6.07, 6.45) is 5.40. The number of esters is 1. The first kappa shape index (κ1) is 9.96. The minimum Gasteiger partial charge on any atom is -0.468 e. The van der Waals surface area contributed by atoms with Gasteiger partial charge in [-0.1, -0.05) is 6.42 Å². The van der Waals surface area contributed by atoms with E-state index in [-0.39, 0.29) is 5.78 Å². The second-order valence-electron chi connectivity index (χ2n) is 3.86. The van der Waals surface area contributed by atoms with Gasteiger partial charge in [-0.15, -0.1) is 0 Å². The van der Waals surface area contributed by atoms with E-state index in [0.717, 1.165) is 6.42 Å². The van der Waals surface area contributed by atoms with Gasteiger partial charge in [-0.2, -0.15) is 0 Å². The number of rotatable bonds is 3. The molecular formula is C11H13NO3. The van der Waals surface area contributed by atoms with Gasteiger partial charge in [0.2, 0.25) is 0 Å². The van der Waals surface area contributed by atoms with Gasteiger partial charge in [0.1, 0.15) is 5.41 Å². The SMILES string of the molecule is COC(=O)C1(C(=O)c2cc[nH]c2)CCC1. The third kappa shape index (κ3) is 1.37. The van der Waals surface area contributed by atoms with Crippen LogP contribution in [0.2, 0.25) is 0 Å². The van der Waals surface area contributed by atoms with Gasteiger partial charge in [0.15, 0.2) is 5.78 Å². The van der Waals surface area contributed by atoms with Gasteiger partial charge < -0.3 is 9.72 Å². The Bertz CT molecular complexity index is 377. The van der Waals surface area contributed by atoms with Crippen molar-refractivity contribution in [1.82, 2.24) is 4.98 Å². The lowest BCUT2D eigenvalue weighted by Crippen LogP contribution is -2.45. The molecule has 4 heteroatoms.